The van der Waals surface area contributed by atoms with E-state index in [2.05, 4.69) is 11.9 Å². The fraction of sp³-hybridized carbons (Fsp3) is 0.833. The first-order chi connectivity index (χ1) is 8.44. The average molecular weight is 255 g/mol. The topological polar surface area (TPSA) is 86.9 Å². The molecular formula is C12H21N3O3. The van der Waals surface area contributed by atoms with E-state index in [0.29, 0.717) is 0 Å². The van der Waals surface area contributed by atoms with Crippen LogP contribution in [-0.2, 0) is 9.59 Å². The highest BCUT2D eigenvalue weighted by Gasteiger charge is 2.47. The number of nitrogens with two attached hydrogens (primary N) is 1. The number of carboxylic acid groups (broad SMARTS) is 1. The van der Waals surface area contributed by atoms with Gasteiger partial charge in [0, 0.05) is 19.6 Å². The summed E-state index contributed by atoms with van der Waals surface area (Å²) in [5.74, 6) is -1.22. The van der Waals surface area contributed by atoms with Crippen LogP contribution in [-0.4, -0.2) is 65.0 Å². The van der Waals surface area contributed by atoms with Gasteiger partial charge in [-0.25, -0.2) is 0 Å². The molecule has 0 aromatic carbocycles. The molecule has 0 saturated carbocycles. The SMILES string of the molecule is CN1CCC2(CCCN2C(=O)C[C@H](N)C(=O)O)C1. The Hall–Kier alpha value is -1.14. The number of rotatable bonds is 3. The largest absolute Gasteiger partial charge is 0.480 e. The number of carbonyl (C=O) groups is 2. The monoisotopic (exact) mass is 255 g/mol. The maximum Gasteiger partial charge on any atom is 0.321 e. The number of carboxylic acids is 1. The molecule has 2 saturated heterocycles. The van der Waals surface area contributed by atoms with E-state index in [0.717, 1.165) is 38.9 Å². The number of amides is 1. The molecule has 3 N–H and O–H groups in total. The third-order valence-electron chi connectivity index (χ3n) is 4.13. The van der Waals surface area contributed by atoms with Crippen molar-refractivity contribution in [2.45, 2.75) is 37.3 Å². The third-order valence-corrected chi connectivity index (χ3v) is 4.13. The predicted molar refractivity (Wildman–Crippen MR) is 66.0 cm³/mol. The van der Waals surface area contributed by atoms with Crippen molar-refractivity contribution in [2.75, 3.05) is 26.7 Å². The summed E-state index contributed by atoms with van der Waals surface area (Å²) in [4.78, 5) is 27.0. The minimum absolute atomic E-state index is 0.0654. The van der Waals surface area contributed by atoms with Gasteiger partial charge in [0.1, 0.15) is 6.04 Å². The van der Waals surface area contributed by atoms with E-state index >= 15 is 0 Å². The predicted octanol–water partition coefficient (Wildman–Crippen LogP) is -0.515. The summed E-state index contributed by atoms with van der Waals surface area (Å²) in [6.45, 7) is 2.62. The van der Waals surface area contributed by atoms with Gasteiger partial charge in [-0.05, 0) is 26.3 Å². The highest BCUT2D eigenvalue weighted by atomic mass is 16.4. The molecule has 0 bridgehead atoms. The van der Waals surface area contributed by atoms with Crippen LogP contribution in [0.1, 0.15) is 25.7 Å². The van der Waals surface area contributed by atoms with E-state index in [9.17, 15) is 9.59 Å². The van der Waals surface area contributed by atoms with Crippen molar-refractivity contribution in [2.24, 2.45) is 5.73 Å². The van der Waals surface area contributed by atoms with Gasteiger partial charge in [0.25, 0.3) is 0 Å². The standard InChI is InChI=1S/C12H21N3O3/c1-14-6-4-12(8-14)3-2-5-15(12)10(16)7-9(13)11(17)18/h9H,2-8,13H2,1H3,(H,17,18)/t9-,12?/m0/s1. The van der Waals surface area contributed by atoms with E-state index < -0.39 is 12.0 Å². The van der Waals surface area contributed by atoms with E-state index in [1.165, 1.54) is 0 Å². The molecule has 0 aromatic rings. The molecule has 2 atom stereocenters. The van der Waals surface area contributed by atoms with Crippen molar-refractivity contribution in [3.63, 3.8) is 0 Å². The van der Waals surface area contributed by atoms with Crippen LogP contribution in [0.15, 0.2) is 0 Å². The summed E-state index contributed by atoms with van der Waals surface area (Å²) in [6, 6.07) is -1.09. The molecule has 6 nitrogen and oxygen atoms in total. The van der Waals surface area contributed by atoms with Crippen LogP contribution in [0.25, 0.3) is 0 Å². The summed E-state index contributed by atoms with van der Waals surface area (Å²) in [7, 11) is 2.05. The van der Waals surface area contributed by atoms with Crippen molar-refractivity contribution >= 4 is 11.9 Å². The van der Waals surface area contributed by atoms with Crippen LogP contribution in [0.4, 0.5) is 0 Å². The Bertz CT molecular complexity index is 360. The molecule has 0 aromatic heterocycles. The first kappa shape index (κ1) is 13.3. The summed E-state index contributed by atoms with van der Waals surface area (Å²) in [5.41, 5.74) is 5.38. The Morgan fingerprint density at radius 3 is 2.67 bits per heavy atom. The number of hydrogen-bond acceptors (Lipinski definition) is 4. The second-order valence-electron chi connectivity index (χ2n) is 5.51. The molecule has 1 amide bonds. The maximum absolute atomic E-state index is 12.2. The Kier molecular flexibility index (Phi) is 3.59. The first-order valence-corrected chi connectivity index (χ1v) is 6.42. The van der Waals surface area contributed by atoms with Crippen LogP contribution in [0.2, 0.25) is 0 Å². The van der Waals surface area contributed by atoms with E-state index in [1.54, 1.807) is 0 Å². The first-order valence-electron chi connectivity index (χ1n) is 6.42. The molecule has 2 aliphatic rings. The molecule has 2 aliphatic heterocycles. The highest BCUT2D eigenvalue weighted by molar-refractivity contribution is 5.85. The summed E-state index contributed by atoms with van der Waals surface area (Å²) >= 11 is 0. The van der Waals surface area contributed by atoms with Gasteiger partial charge in [-0.3, -0.25) is 9.59 Å². The molecule has 2 fully saturated rings. The van der Waals surface area contributed by atoms with Gasteiger partial charge in [-0.2, -0.15) is 0 Å². The number of carbonyl (C=O) groups excluding carboxylic acids is 1. The zero-order valence-electron chi connectivity index (χ0n) is 10.8. The minimum atomic E-state index is -1.11. The van der Waals surface area contributed by atoms with Crippen LogP contribution in [0, 0.1) is 0 Å². The zero-order chi connectivity index (χ0) is 13.3. The minimum Gasteiger partial charge on any atom is -0.480 e. The van der Waals surface area contributed by atoms with E-state index in [4.69, 9.17) is 10.8 Å². The van der Waals surface area contributed by atoms with Gasteiger partial charge in [0.2, 0.25) is 5.91 Å². The van der Waals surface area contributed by atoms with Crippen LogP contribution in [0.3, 0.4) is 0 Å². The van der Waals surface area contributed by atoms with Crippen molar-refractivity contribution in [1.82, 2.24) is 9.80 Å². The molecule has 2 heterocycles. The van der Waals surface area contributed by atoms with Crippen LogP contribution < -0.4 is 5.73 Å². The molecule has 2 rings (SSSR count). The molecular weight excluding hydrogens is 234 g/mol. The summed E-state index contributed by atoms with van der Waals surface area (Å²) in [6.07, 6.45) is 2.91. The fourth-order valence-corrected chi connectivity index (χ4v) is 3.20. The molecule has 0 aliphatic carbocycles. The van der Waals surface area contributed by atoms with Gasteiger partial charge in [-0.1, -0.05) is 0 Å². The lowest BCUT2D eigenvalue weighted by atomic mass is 9.94. The highest BCUT2D eigenvalue weighted by Crippen LogP contribution is 2.37. The summed E-state index contributed by atoms with van der Waals surface area (Å²) < 4.78 is 0. The van der Waals surface area contributed by atoms with Gasteiger partial charge in [-0.15, -0.1) is 0 Å². The normalized spacial score (nSPS) is 30.0. The van der Waals surface area contributed by atoms with Crippen molar-refractivity contribution in [3.8, 4) is 0 Å². The van der Waals surface area contributed by atoms with Crippen LogP contribution in [0.5, 0.6) is 0 Å². The van der Waals surface area contributed by atoms with Gasteiger partial charge < -0.3 is 20.6 Å². The van der Waals surface area contributed by atoms with Crippen molar-refractivity contribution < 1.29 is 14.7 Å². The second-order valence-corrected chi connectivity index (χ2v) is 5.51. The molecule has 102 valence electrons. The second kappa shape index (κ2) is 4.85. The molecule has 1 unspecified atom stereocenters. The van der Waals surface area contributed by atoms with E-state index in [-0.39, 0.29) is 17.9 Å². The van der Waals surface area contributed by atoms with Crippen molar-refractivity contribution in [3.05, 3.63) is 0 Å². The lowest BCUT2D eigenvalue weighted by Crippen LogP contribution is -2.50. The molecule has 0 radical (unpaired) electrons. The molecule has 1 spiro atoms. The number of likely N-dealkylation sites (tertiary alicyclic amines) is 2. The lowest BCUT2D eigenvalue weighted by molar-refractivity contribution is -0.143. The number of hydrogen-bond donors (Lipinski definition) is 2. The van der Waals surface area contributed by atoms with Crippen molar-refractivity contribution in [1.29, 1.82) is 0 Å². The molecule has 18 heavy (non-hydrogen) atoms. The Morgan fingerprint density at radius 2 is 2.11 bits per heavy atom. The van der Waals surface area contributed by atoms with Gasteiger partial charge >= 0.3 is 5.97 Å². The summed E-state index contributed by atoms with van der Waals surface area (Å²) in [5, 5.41) is 8.77. The van der Waals surface area contributed by atoms with Crippen LogP contribution >= 0.6 is 0 Å². The van der Waals surface area contributed by atoms with E-state index in [1.807, 2.05) is 4.90 Å². The number of likely N-dealkylation sites (N-methyl/N-ethyl adjacent to an activating group) is 1. The fourth-order valence-electron chi connectivity index (χ4n) is 3.20. The quantitative estimate of drug-likeness (QED) is 0.709. The Labute approximate surface area is 107 Å². The average Bonchev–Trinajstić information content (AvgIpc) is 2.86. The zero-order valence-corrected chi connectivity index (χ0v) is 10.8. The number of aliphatic carboxylic acids is 1. The number of nitrogens with zero attached hydrogens (tertiary/aromatic N) is 2. The molecule has 6 heteroatoms. The maximum atomic E-state index is 12.2. The van der Waals surface area contributed by atoms with Gasteiger partial charge in [0.15, 0.2) is 0 Å². The third kappa shape index (κ3) is 2.35. The Balaban J connectivity index is 2.03. The Morgan fingerprint density at radius 1 is 1.39 bits per heavy atom. The smallest absolute Gasteiger partial charge is 0.321 e. The van der Waals surface area contributed by atoms with Gasteiger partial charge in [0.05, 0.1) is 12.0 Å². The lowest BCUT2D eigenvalue weighted by Gasteiger charge is -2.35.